The fourth-order valence-corrected chi connectivity index (χ4v) is 4.67. The minimum absolute atomic E-state index is 0. The van der Waals surface area contributed by atoms with E-state index in [1.165, 1.54) is 6.07 Å². The van der Waals surface area contributed by atoms with Gasteiger partial charge in [0.2, 0.25) is 0 Å². The number of aryl methyl sites for hydroxylation is 2. The Hall–Kier alpha value is -3.65. The number of furan rings is 1. The second-order valence-electron chi connectivity index (χ2n) is 8.91. The van der Waals surface area contributed by atoms with E-state index in [0.717, 1.165) is 33.3 Å². The number of carbonyl (C=O) groups excluding carboxylic acids is 1. The molecule has 0 saturated heterocycles. The molecular weight excluding hydrogens is 477 g/mol. The molecule has 0 aliphatic heterocycles. The van der Waals surface area contributed by atoms with Crippen LogP contribution in [0.1, 0.15) is 40.1 Å². The average Bonchev–Trinajstić information content (AvgIpc) is 3.49. The molecule has 2 aromatic carbocycles. The number of hydrogen-bond acceptors (Lipinski definition) is 6. The summed E-state index contributed by atoms with van der Waals surface area (Å²) in [5.41, 5.74) is 5.13. The molecule has 0 spiro atoms. The molecule has 6 rings (SSSR count). The first kappa shape index (κ1) is 25.0. The molecule has 0 radical (unpaired) electrons. The zero-order valence-corrected chi connectivity index (χ0v) is 23.0. The van der Waals surface area contributed by atoms with E-state index in [1.807, 2.05) is 80.0 Å². The van der Waals surface area contributed by atoms with E-state index in [0.29, 0.717) is 28.1 Å². The molecule has 8 heteroatoms. The third kappa shape index (κ3) is 4.29. The van der Waals surface area contributed by atoms with Crippen LogP contribution in [0.4, 0.5) is 0 Å². The molecule has 1 unspecified atom stereocenters. The quantitative estimate of drug-likeness (QED) is 0.339. The van der Waals surface area contributed by atoms with Crippen molar-refractivity contribution in [2.24, 2.45) is 0 Å². The fourth-order valence-electron chi connectivity index (χ4n) is 4.67. The van der Waals surface area contributed by atoms with Crippen LogP contribution in [0.15, 0.2) is 77.6 Å². The number of carbonyl (C=O) groups is 1. The van der Waals surface area contributed by atoms with Gasteiger partial charge in [-0.05, 0) is 62.2 Å². The van der Waals surface area contributed by atoms with Crippen LogP contribution >= 0.6 is 0 Å². The van der Waals surface area contributed by atoms with Gasteiger partial charge in [-0.25, -0.2) is 9.97 Å². The van der Waals surface area contributed by atoms with Gasteiger partial charge in [0.05, 0.1) is 16.9 Å². The van der Waals surface area contributed by atoms with Gasteiger partial charge in [-0.1, -0.05) is 24.3 Å². The van der Waals surface area contributed by atoms with Crippen molar-refractivity contribution < 1.29 is 48.6 Å². The van der Waals surface area contributed by atoms with Gasteiger partial charge in [-0.2, -0.15) is 0 Å². The zero-order chi connectivity index (χ0) is 25.0. The third-order valence-corrected chi connectivity index (χ3v) is 6.62. The van der Waals surface area contributed by atoms with E-state index in [9.17, 15) is 9.90 Å². The van der Waals surface area contributed by atoms with Crippen molar-refractivity contribution in [3.63, 3.8) is 0 Å². The zero-order valence-electron chi connectivity index (χ0n) is 21.0. The van der Waals surface area contributed by atoms with Crippen molar-refractivity contribution in [3.05, 3.63) is 95.4 Å². The van der Waals surface area contributed by atoms with Crippen molar-refractivity contribution in [3.8, 4) is 17.2 Å². The number of rotatable bonds is 5. The first-order valence-corrected chi connectivity index (χ1v) is 11.6. The first-order chi connectivity index (χ1) is 17.4. The largest absolute Gasteiger partial charge is 1.00 e. The smallest absolute Gasteiger partial charge is 0.545 e. The first-order valence-electron chi connectivity index (χ1n) is 11.6. The van der Waals surface area contributed by atoms with Crippen molar-refractivity contribution >= 4 is 33.5 Å². The summed E-state index contributed by atoms with van der Waals surface area (Å²) in [6.45, 7) is 5.75. The summed E-state index contributed by atoms with van der Waals surface area (Å²) in [7, 11) is 0. The Labute approximate surface area is 235 Å². The number of carboxylic acid groups (broad SMARTS) is 1. The Morgan fingerprint density at radius 1 is 1.08 bits per heavy atom. The van der Waals surface area contributed by atoms with Crippen LogP contribution in [0, 0.1) is 13.8 Å². The number of aromatic nitrogens is 3. The average molecular weight is 500 g/mol. The fraction of sp³-hybridized carbons (Fsp3) is 0.138. The Balaban J connectivity index is 0.00000280. The predicted octanol–water partition coefficient (Wildman–Crippen LogP) is 2.42. The van der Waals surface area contributed by atoms with Gasteiger partial charge >= 0.3 is 29.6 Å². The summed E-state index contributed by atoms with van der Waals surface area (Å²) in [5, 5.41) is 13.7. The third-order valence-electron chi connectivity index (χ3n) is 6.62. The SMILES string of the molecule is Cc1c(-c2cc(C(=O)[O-])c3c(OC(C)c4ccn5ccnc5c4)ccc(C)c3n2)oc2ccccc12.[Na+]. The Kier molecular flexibility index (Phi) is 6.54. The number of fused-ring (bicyclic) bond motifs is 3. The minimum Gasteiger partial charge on any atom is -0.545 e. The molecule has 4 heterocycles. The van der Waals surface area contributed by atoms with Crippen molar-refractivity contribution in [1.29, 1.82) is 0 Å². The molecular formula is C29H22N3NaO4. The molecule has 0 aliphatic carbocycles. The molecule has 0 bridgehead atoms. The van der Waals surface area contributed by atoms with Crippen LogP contribution in [0.25, 0.3) is 39.0 Å². The van der Waals surface area contributed by atoms with E-state index >= 15 is 0 Å². The molecule has 6 aromatic rings. The summed E-state index contributed by atoms with van der Waals surface area (Å²) >= 11 is 0. The van der Waals surface area contributed by atoms with Crippen molar-refractivity contribution in [2.75, 3.05) is 0 Å². The standard InChI is InChI=1S/C29H23N3O4.Na/c1-16-8-9-24(35-18(3)19-10-12-32-13-11-30-25(32)14-19)26-21(29(33)34)15-22(31-27(16)26)28-17(2)20-6-4-5-7-23(20)36-28;/h4-15,18H,1-3H3,(H,33,34);/q;+1/p-1. The number of imidazole rings is 1. The van der Waals surface area contributed by atoms with E-state index in [2.05, 4.69) is 4.98 Å². The number of ether oxygens (including phenoxy) is 1. The summed E-state index contributed by atoms with van der Waals surface area (Å²) in [4.78, 5) is 21.5. The molecule has 178 valence electrons. The van der Waals surface area contributed by atoms with Crippen molar-refractivity contribution in [2.45, 2.75) is 26.9 Å². The molecule has 4 aromatic heterocycles. The van der Waals surface area contributed by atoms with Gasteiger partial charge < -0.3 is 23.5 Å². The van der Waals surface area contributed by atoms with E-state index < -0.39 is 5.97 Å². The maximum absolute atomic E-state index is 12.4. The molecule has 7 nitrogen and oxygen atoms in total. The maximum atomic E-state index is 12.4. The van der Waals surface area contributed by atoms with Crippen LogP contribution in [0.2, 0.25) is 0 Å². The van der Waals surface area contributed by atoms with Gasteiger partial charge in [0.1, 0.15) is 28.8 Å². The summed E-state index contributed by atoms with van der Waals surface area (Å²) in [6, 6.07) is 16.8. The van der Waals surface area contributed by atoms with Gasteiger partial charge in [0.15, 0.2) is 5.76 Å². The van der Waals surface area contributed by atoms with Gasteiger partial charge in [-0.3, -0.25) is 0 Å². The normalized spacial score (nSPS) is 12.1. The topological polar surface area (TPSA) is 92.7 Å². The van der Waals surface area contributed by atoms with Crippen LogP contribution in [0.5, 0.6) is 5.75 Å². The van der Waals surface area contributed by atoms with Crippen LogP contribution in [-0.2, 0) is 0 Å². The van der Waals surface area contributed by atoms with E-state index in [-0.39, 0.29) is 41.2 Å². The number of benzene rings is 2. The number of para-hydroxylation sites is 1. The monoisotopic (exact) mass is 499 g/mol. The van der Waals surface area contributed by atoms with E-state index in [1.54, 1.807) is 12.3 Å². The molecule has 1 atom stereocenters. The Morgan fingerprint density at radius 2 is 1.89 bits per heavy atom. The Morgan fingerprint density at radius 3 is 2.68 bits per heavy atom. The summed E-state index contributed by atoms with van der Waals surface area (Å²) < 4.78 is 14.3. The summed E-state index contributed by atoms with van der Waals surface area (Å²) in [5.74, 6) is -0.349. The van der Waals surface area contributed by atoms with Crippen molar-refractivity contribution in [1.82, 2.24) is 14.4 Å². The van der Waals surface area contributed by atoms with Crippen LogP contribution < -0.4 is 39.4 Å². The molecule has 0 N–H and O–H groups in total. The molecule has 37 heavy (non-hydrogen) atoms. The van der Waals surface area contributed by atoms with Gasteiger partial charge in [-0.15, -0.1) is 0 Å². The number of aromatic carboxylic acids is 1. The maximum Gasteiger partial charge on any atom is 1.00 e. The van der Waals surface area contributed by atoms with Crippen LogP contribution in [-0.4, -0.2) is 20.3 Å². The number of hydrogen-bond donors (Lipinski definition) is 0. The molecule has 0 amide bonds. The molecule has 0 fully saturated rings. The van der Waals surface area contributed by atoms with Gasteiger partial charge in [0, 0.05) is 35.1 Å². The number of nitrogens with zero attached hydrogens (tertiary/aromatic N) is 3. The molecule has 0 aliphatic rings. The Bertz CT molecular complexity index is 1800. The van der Waals surface area contributed by atoms with Crippen LogP contribution in [0.3, 0.4) is 0 Å². The second kappa shape index (κ2) is 9.67. The second-order valence-corrected chi connectivity index (χ2v) is 8.91. The summed E-state index contributed by atoms with van der Waals surface area (Å²) in [6.07, 6.45) is 5.17. The molecule has 0 saturated carbocycles. The van der Waals surface area contributed by atoms with E-state index in [4.69, 9.17) is 14.1 Å². The van der Waals surface area contributed by atoms with Gasteiger partial charge in [0.25, 0.3) is 0 Å². The predicted molar refractivity (Wildman–Crippen MR) is 135 cm³/mol. The minimum atomic E-state index is -1.31. The number of carboxylic acids is 1. The number of pyridine rings is 2.